The SMILES string of the molecule is CCCCCCCCCCCCc1ccc(-c2cnc(-c3cc(F)c(C#N)c(F)c3)nc2)cc1. The van der Waals surface area contributed by atoms with Gasteiger partial charge in [-0.05, 0) is 36.1 Å². The van der Waals surface area contributed by atoms with E-state index < -0.39 is 17.2 Å². The summed E-state index contributed by atoms with van der Waals surface area (Å²) in [6, 6.07) is 12.1. The van der Waals surface area contributed by atoms with Gasteiger partial charge in [-0.15, -0.1) is 0 Å². The Labute approximate surface area is 201 Å². The fraction of sp³-hybridized carbons (Fsp3) is 0.414. The molecule has 34 heavy (non-hydrogen) atoms. The highest BCUT2D eigenvalue weighted by Gasteiger charge is 2.13. The van der Waals surface area contributed by atoms with E-state index in [0.29, 0.717) is 0 Å². The van der Waals surface area contributed by atoms with Gasteiger partial charge in [0.2, 0.25) is 0 Å². The lowest BCUT2D eigenvalue weighted by atomic mass is 10.0. The summed E-state index contributed by atoms with van der Waals surface area (Å²) in [6.45, 7) is 2.26. The van der Waals surface area contributed by atoms with Gasteiger partial charge in [-0.2, -0.15) is 5.26 Å². The lowest BCUT2D eigenvalue weighted by molar-refractivity contribution is 0.556. The fourth-order valence-corrected chi connectivity index (χ4v) is 4.12. The molecule has 0 amide bonds. The molecule has 0 radical (unpaired) electrons. The molecule has 0 fully saturated rings. The molecule has 0 spiro atoms. The zero-order valence-electron chi connectivity index (χ0n) is 20.0. The summed E-state index contributed by atoms with van der Waals surface area (Å²) >= 11 is 0. The Morgan fingerprint density at radius 3 is 1.76 bits per heavy atom. The number of benzene rings is 2. The number of aryl methyl sites for hydroxylation is 1. The van der Waals surface area contributed by atoms with Gasteiger partial charge in [0, 0.05) is 23.5 Å². The predicted molar refractivity (Wildman–Crippen MR) is 133 cm³/mol. The number of hydrogen-bond acceptors (Lipinski definition) is 3. The van der Waals surface area contributed by atoms with Crippen LogP contribution in [0.4, 0.5) is 8.78 Å². The van der Waals surface area contributed by atoms with Crippen LogP contribution in [0.15, 0.2) is 48.8 Å². The first-order valence-electron chi connectivity index (χ1n) is 12.4. The minimum Gasteiger partial charge on any atom is -0.236 e. The first-order valence-corrected chi connectivity index (χ1v) is 12.4. The van der Waals surface area contributed by atoms with Crippen LogP contribution in [0.2, 0.25) is 0 Å². The first-order chi connectivity index (χ1) is 16.6. The molecule has 0 aliphatic rings. The number of rotatable bonds is 13. The van der Waals surface area contributed by atoms with Crippen molar-refractivity contribution in [3.05, 3.63) is 71.6 Å². The zero-order valence-corrected chi connectivity index (χ0v) is 20.0. The molecule has 3 rings (SSSR count). The lowest BCUT2D eigenvalue weighted by Gasteiger charge is -2.06. The normalized spacial score (nSPS) is 10.9. The van der Waals surface area contributed by atoms with Crippen LogP contribution in [0.1, 0.15) is 82.3 Å². The van der Waals surface area contributed by atoms with Gasteiger partial charge in [0.1, 0.15) is 23.3 Å². The first kappa shape index (κ1) is 25.5. The highest BCUT2D eigenvalue weighted by Crippen LogP contribution is 2.24. The Kier molecular flexibility index (Phi) is 10.2. The van der Waals surface area contributed by atoms with E-state index in [1.807, 2.05) is 0 Å². The summed E-state index contributed by atoms with van der Waals surface area (Å²) in [6.07, 6.45) is 17.8. The molecule has 0 saturated carbocycles. The maximum Gasteiger partial charge on any atom is 0.159 e. The second-order valence-corrected chi connectivity index (χ2v) is 8.85. The molecule has 1 aromatic heterocycles. The number of unbranched alkanes of at least 4 members (excludes halogenated alkanes) is 9. The molecule has 0 atom stereocenters. The summed E-state index contributed by atoms with van der Waals surface area (Å²) in [4.78, 5) is 8.53. The summed E-state index contributed by atoms with van der Waals surface area (Å²) in [5, 5.41) is 8.80. The van der Waals surface area contributed by atoms with Crippen molar-refractivity contribution in [1.29, 1.82) is 5.26 Å². The largest absolute Gasteiger partial charge is 0.236 e. The molecule has 2 aromatic carbocycles. The molecule has 0 bridgehead atoms. The van der Waals surface area contributed by atoms with E-state index >= 15 is 0 Å². The molecular formula is C29H33F2N3. The summed E-state index contributed by atoms with van der Waals surface area (Å²) in [7, 11) is 0. The number of nitriles is 1. The van der Waals surface area contributed by atoms with Gasteiger partial charge < -0.3 is 0 Å². The van der Waals surface area contributed by atoms with Gasteiger partial charge >= 0.3 is 0 Å². The Bertz CT molecular complexity index is 1050. The van der Waals surface area contributed by atoms with Gasteiger partial charge in [-0.3, -0.25) is 0 Å². The average Bonchev–Trinajstić information content (AvgIpc) is 2.85. The van der Waals surface area contributed by atoms with Gasteiger partial charge in [0.25, 0.3) is 0 Å². The number of hydrogen-bond donors (Lipinski definition) is 0. The van der Waals surface area contributed by atoms with Crippen LogP contribution in [-0.4, -0.2) is 9.97 Å². The minimum atomic E-state index is -0.914. The summed E-state index contributed by atoms with van der Waals surface area (Å²) in [5.74, 6) is -1.62. The molecule has 5 heteroatoms. The molecule has 178 valence electrons. The average molecular weight is 462 g/mol. The molecular weight excluding hydrogens is 428 g/mol. The third kappa shape index (κ3) is 7.45. The highest BCUT2D eigenvalue weighted by atomic mass is 19.1. The van der Waals surface area contributed by atoms with Crippen LogP contribution in [0.5, 0.6) is 0 Å². The molecule has 0 unspecified atom stereocenters. The van der Waals surface area contributed by atoms with Crippen molar-refractivity contribution < 1.29 is 8.78 Å². The Hall–Kier alpha value is -3.13. The van der Waals surface area contributed by atoms with Gasteiger partial charge in [0.05, 0.1) is 0 Å². The molecule has 1 heterocycles. The summed E-state index contributed by atoms with van der Waals surface area (Å²) in [5.41, 5.74) is 2.76. The van der Waals surface area contributed by atoms with Crippen LogP contribution in [-0.2, 0) is 6.42 Å². The summed E-state index contributed by atoms with van der Waals surface area (Å²) < 4.78 is 27.8. The van der Waals surface area contributed by atoms with Crippen molar-refractivity contribution >= 4 is 0 Å². The predicted octanol–water partition coefficient (Wildman–Crippen LogP) is 8.42. The molecule has 0 N–H and O–H groups in total. The maximum atomic E-state index is 13.9. The Balaban J connectivity index is 1.46. The van der Waals surface area contributed by atoms with Crippen LogP contribution in [0.25, 0.3) is 22.5 Å². The lowest BCUT2D eigenvalue weighted by Crippen LogP contribution is -1.95. The van der Waals surface area contributed by atoms with E-state index in [9.17, 15) is 8.78 Å². The smallest absolute Gasteiger partial charge is 0.159 e. The van der Waals surface area contributed by atoms with Gasteiger partial charge in [-0.25, -0.2) is 18.7 Å². The van der Waals surface area contributed by atoms with Crippen molar-refractivity contribution in [1.82, 2.24) is 9.97 Å². The number of halogens is 2. The van der Waals surface area contributed by atoms with E-state index in [2.05, 4.69) is 41.2 Å². The molecule has 0 saturated heterocycles. The van der Waals surface area contributed by atoms with Crippen LogP contribution in [0.3, 0.4) is 0 Å². The maximum absolute atomic E-state index is 13.9. The second-order valence-electron chi connectivity index (χ2n) is 8.85. The van der Waals surface area contributed by atoms with E-state index in [-0.39, 0.29) is 11.4 Å². The molecule has 0 aliphatic carbocycles. The van der Waals surface area contributed by atoms with E-state index in [1.165, 1.54) is 75.8 Å². The van der Waals surface area contributed by atoms with Crippen LogP contribution < -0.4 is 0 Å². The van der Waals surface area contributed by atoms with Crippen LogP contribution >= 0.6 is 0 Å². The van der Waals surface area contributed by atoms with E-state index in [1.54, 1.807) is 12.4 Å². The van der Waals surface area contributed by atoms with Crippen LogP contribution in [0, 0.1) is 23.0 Å². The molecule has 0 aliphatic heterocycles. The van der Waals surface area contributed by atoms with Crippen molar-refractivity contribution in [2.24, 2.45) is 0 Å². The second kappa shape index (κ2) is 13.5. The standard InChI is InChI=1S/C29H33F2N3/c1-2-3-4-5-6-7-8-9-10-11-12-22-13-15-23(16-14-22)25-20-33-29(34-21-25)24-17-27(30)26(19-32)28(31)18-24/h13-18,20-21H,2-12H2,1H3. The molecule has 3 aromatic rings. The number of nitrogens with zero attached hydrogens (tertiary/aromatic N) is 3. The zero-order chi connectivity index (χ0) is 24.2. The number of aromatic nitrogens is 2. The topological polar surface area (TPSA) is 49.6 Å². The van der Waals surface area contributed by atoms with E-state index in [0.717, 1.165) is 29.7 Å². The highest BCUT2D eigenvalue weighted by molar-refractivity contribution is 5.64. The van der Waals surface area contributed by atoms with Crippen molar-refractivity contribution in [2.75, 3.05) is 0 Å². The van der Waals surface area contributed by atoms with Crippen molar-refractivity contribution in [2.45, 2.75) is 77.6 Å². The third-order valence-electron chi connectivity index (χ3n) is 6.17. The van der Waals surface area contributed by atoms with Gasteiger partial charge in [0.15, 0.2) is 5.82 Å². The monoisotopic (exact) mass is 461 g/mol. The fourth-order valence-electron chi connectivity index (χ4n) is 4.12. The van der Waals surface area contributed by atoms with Gasteiger partial charge in [-0.1, -0.05) is 89.0 Å². The van der Waals surface area contributed by atoms with Crippen molar-refractivity contribution in [3.8, 4) is 28.6 Å². The Morgan fingerprint density at radius 1 is 0.706 bits per heavy atom. The Morgan fingerprint density at radius 2 is 1.24 bits per heavy atom. The minimum absolute atomic E-state index is 0.201. The third-order valence-corrected chi connectivity index (χ3v) is 6.17. The molecule has 3 nitrogen and oxygen atoms in total. The van der Waals surface area contributed by atoms with Crippen molar-refractivity contribution in [3.63, 3.8) is 0 Å². The quantitative estimate of drug-likeness (QED) is 0.240. The van der Waals surface area contributed by atoms with E-state index in [4.69, 9.17) is 5.26 Å².